The zero-order valence-corrected chi connectivity index (χ0v) is 12.4. The highest BCUT2D eigenvalue weighted by Gasteiger charge is 2.07. The summed E-state index contributed by atoms with van der Waals surface area (Å²) in [5, 5.41) is 8.07. The second-order valence-electron chi connectivity index (χ2n) is 4.54. The predicted molar refractivity (Wildman–Crippen MR) is 82.4 cm³/mol. The molecule has 0 fully saturated rings. The van der Waals surface area contributed by atoms with Crippen molar-refractivity contribution < 1.29 is 4.52 Å². The zero-order valence-electron chi connectivity index (χ0n) is 10.9. The molecule has 2 aromatic heterocycles. The van der Waals surface area contributed by atoms with Crippen molar-refractivity contribution in [1.82, 2.24) is 10.1 Å². The molecule has 6 heteroatoms. The molecule has 102 valence electrons. The van der Waals surface area contributed by atoms with Crippen LogP contribution in [0, 0.1) is 6.92 Å². The van der Waals surface area contributed by atoms with Crippen molar-refractivity contribution in [2.45, 2.75) is 13.5 Å². The third-order valence-corrected chi connectivity index (χ3v) is 3.41. The average Bonchev–Trinajstić information content (AvgIpc) is 2.84. The summed E-state index contributed by atoms with van der Waals surface area (Å²) in [6.45, 7) is 2.45. The van der Waals surface area contributed by atoms with Gasteiger partial charge in [0.2, 0.25) is 0 Å². The summed E-state index contributed by atoms with van der Waals surface area (Å²) in [4.78, 5) is 4.42. The minimum absolute atomic E-state index is 0.553. The molecule has 20 heavy (non-hydrogen) atoms. The summed E-state index contributed by atoms with van der Waals surface area (Å²) in [7, 11) is 0. The van der Waals surface area contributed by atoms with Crippen molar-refractivity contribution in [2.24, 2.45) is 0 Å². The molecule has 3 aromatic rings. The molecule has 0 unspecified atom stereocenters. The lowest BCUT2D eigenvalue weighted by molar-refractivity contribution is 0.384. The topological polar surface area (TPSA) is 77.0 Å². The first-order valence-electron chi connectivity index (χ1n) is 6.13. The van der Waals surface area contributed by atoms with E-state index in [1.807, 2.05) is 31.2 Å². The highest BCUT2D eigenvalue weighted by molar-refractivity contribution is 9.10. The Kier molecular flexibility index (Phi) is 3.31. The number of hydrogen-bond donors (Lipinski definition) is 2. The van der Waals surface area contributed by atoms with Crippen LogP contribution in [0.25, 0.3) is 10.9 Å². The number of nitrogens with two attached hydrogens (primary N) is 1. The fourth-order valence-electron chi connectivity index (χ4n) is 2.04. The predicted octanol–water partition coefficient (Wildman–Crippen LogP) is 3.49. The Morgan fingerprint density at radius 3 is 2.95 bits per heavy atom. The van der Waals surface area contributed by atoms with Crippen LogP contribution < -0.4 is 11.1 Å². The number of aryl methyl sites for hydroxylation is 1. The van der Waals surface area contributed by atoms with Gasteiger partial charge >= 0.3 is 0 Å². The number of nitrogens with zero attached hydrogens (tertiary/aromatic N) is 2. The number of nitrogen functional groups attached to an aromatic ring is 1. The maximum atomic E-state index is 5.99. The van der Waals surface area contributed by atoms with Crippen LogP contribution in [0.2, 0.25) is 0 Å². The van der Waals surface area contributed by atoms with E-state index in [0.29, 0.717) is 12.2 Å². The van der Waals surface area contributed by atoms with Crippen molar-refractivity contribution in [2.75, 3.05) is 11.1 Å². The van der Waals surface area contributed by atoms with Crippen molar-refractivity contribution in [3.63, 3.8) is 0 Å². The summed E-state index contributed by atoms with van der Waals surface area (Å²) in [5.74, 6) is 0.782. The zero-order chi connectivity index (χ0) is 14.1. The lowest BCUT2D eigenvalue weighted by Crippen LogP contribution is -2.01. The van der Waals surface area contributed by atoms with E-state index in [9.17, 15) is 0 Å². The van der Waals surface area contributed by atoms with E-state index in [0.717, 1.165) is 32.5 Å². The largest absolute Gasteiger partial charge is 0.398 e. The standard InChI is InChI=1S/C14H13BrN4O/c1-8-4-10(20-19-8)7-17-13-3-2-12(16)11-5-9(15)6-18-14(11)13/h2-6,17H,7,16H2,1H3. The van der Waals surface area contributed by atoms with E-state index < -0.39 is 0 Å². The van der Waals surface area contributed by atoms with Crippen molar-refractivity contribution in [3.05, 3.63) is 46.4 Å². The van der Waals surface area contributed by atoms with Crippen LogP contribution in [-0.4, -0.2) is 10.1 Å². The molecule has 5 nitrogen and oxygen atoms in total. The number of fused-ring (bicyclic) bond motifs is 1. The molecule has 3 rings (SSSR count). The van der Waals surface area contributed by atoms with E-state index in [1.165, 1.54) is 0 Å². The van der Waals surface area contributed by atoms with Gasteiger partial charge in [0.25, 0.3) is 0 Å². The molecule has 0 spiro atoms. The van der Waals surface area contributed by atoms with Gasteiger partial charge in [-0.1, -0.05) is 5.16 Å². The Labute approximate surface area is 124 Å². The van der Waals surface area contributed by atoms with E-state index in [-0.39, 0.29) is 0 Å². The number of halogens is 1. The number of rotatable bonds is 3. The van der Waals surface area contributed by atoms with Gasteiger partial charge in [-0.15, -0.1) is 0 Å². The Hall–Kier alpha value is -2.08. The fraction of sp³-hybridized carbons (Fsp3) is 0.143. The fourth-order valence-corrected chi connectivity index (χ4v) is 2.37. The smallest absolute Gasteiger partial charge is 0.156 e. The summed E-state index contributed by atoms with van der Waals surface area (Å²) in [5.41, 5.74) is 9.31. The monoisotopic (exact) mass is 332 g/mol. The molecule has 0 amide bonds. The average molecular weight is 333 g/mol. The van der Waals surface area contributed by atoms with Crippen LogP contribution in [0.4, 0.5) is 11.4 Å². The third kappa shape index (κ3) is 2.46. The number of pyridine rings is 1. The minimum atomic E-state index is 0.553. The molecule has 0 saturated carbocycles. The van der Waals surface area contributed by atoms with Gasteiger partial charge in [0.15, 0.2) is 5.76 Å². The van der Waals surface area contributed by atoms with Gasteiger partial charge in [-0.05, 0) is 41.1 Å². The summed E-state index contributed by atoms with van der Waals surface area (Å²) >= 11 is 3.41. The Morgan fingerprint density at radius 1 is 1.35 bits per heavy atom. The first kappa shape index (κ1) is 12.9. The molecule has 0 aliphatic rings. The van der Waals surface area contributed by atoms with Crippen LogP contribution in [-0.2, 0) is 6.54 Å². The summed E-state index contributed by atoms with van der Waals surface area (Å²) < 4.78 is 6.08. The van der Waals surface area contributed by atoms with Crippen molar-refractivity contribution in [3.8, 4) is 0 Å². The quantitative estimate of drug-likeness (QED) is 0.718. The van der Waals surface area contributed by atoms with Gasteiger partial charge in [0, 0.05) is 27.8 Å². The first-order valence-corrected chi connectivity index (χ1v) is 6.92. The van der Waals surface area contributed by atoms with Gasteiger partial charge in [0.1, 0.15) is 0 Å². The van der Waals surface area contributed by atoms with E-state index >= 15 is 0 Å². The van der Waals surface area contributed by atoms with Crippen molar-refractivity contribution >= 4 is 38.2 Å². The summed E-state index contributed by atoms with van der Waals surface area (Å²) in [6, 6.07) is 7.64. The van der Waals surface area contributed by atoms with Gasteiger partial charge in [-0.3, -0.25) is 4.98 Å². The van der Waals surface area contributed by atoms with Crippen LogP contribution in [0.3, 0.4) is 0 Å². The molecular weight excluding hydrogens is 320 g/mol. The lowest BCUT2D eigenvalue weighted by Gasteiger charge is -2.09. The third-order valence-electron chi connectivity index (χ3n) is 2.98. The summed E-state index contributed by atoms with van der Waals surface area (Å²) in [6.07, 6.45) is 1.76. The normalized spacial score (nSPS) is 10.9. The van der Waals surface area contributed by atoms with Gasteiger partial charge < -0.3 is 15.6 Å². The molecule has 0 saturated heterocycles. The maximum absolute atomic E-state index is 5.99. The van der Waals surface area contributed by atoms with E-state index in [1.54, 1.807) is 6.20 Å². The molecule has 2 heterocycles. The second-order valence-corrected chi connectivity index (χ2v) is 5.46. The number of anilines is 2. The van der Waals surface area contributed by atoms with Crippen LogP contribution >= 0.6 is 15.9 Å². The van der Waals surface area contributed by atoms with Gasteiger partial charge in [-0.25, -0.2) is 0 Å². The molecule has 0 radical (unpaired) electrons. The molecular formula is C14H13BrN4O. The maximum Gasteiger partial charge on any atom is 0.156 e. The second kappa shape index (κ2) is 5.13. The van der Waals surface area contributed by atoms with Crippen LogP contribution in [0.5, 0.6) is 0 Å². The SMILES string of the molecule is Cc1cc(CNc2ccc(N)c3cc(Br)cnc23)on1. The highest BCUT2D eigenvalue weighted by atomic mass is 79.9. The number of nitrogens with one attached hydrogen (secondary N) is 1. The first-order chi connectivity index (χ1) is 9.63. The van der Waals surface area contributed by atoms with Crippen LogP contribution in [0.1, 0.15) is 11.5 Å². The Balaban J connectivity index is 1.93. The molecule has 0 aliphatic carbocycles. The lowest BCUT2D eigenvalue weighted by atomic mass is 10.1. The molecule has 0 atom stereocenters. The Bertz CT molecular complexity index is 769. The molecule has 0 aliphatic heterocycles. The van der Waals surface area contributed by atoms with E-state index in [2.05, 4.69) is 31.4 Å². The highest BCUT2D eigenvalue weighted by Crippen LogP contribution is 2.29. The number of aromatic nitrogens is 2. The minimum Gasteiger partial charge on any atom is -0.398 e. The van der Waals surface area contributed by atoms with Gasteiger partial charge in [0.05, 0.1) is 23.4 Å². The molecule has 1 aromatic carbocycles. The van der Waals surface area contributed by atoms with Crippen molar-refractivity contribution in [1.29, 1.82) is 0 Å². The van der Waals surface area contributed by atoms with E-state index in [4.69, 9.17) is 10.3 Å². The van der Waals surface area contributed by atoms with Crippen LogP contribution in [0.15, 0.2) is 39.5 Å². The number of hydrogen-bond acceptors (Lipinski definition) is 5. The molecule has 3 N–H and O–H groups in total. The number of benzene rings is 1. The Morgan fingerprint density at radius 2 is 2.20 bits per heavy atom. The van der Waals surface area contributed by atoms with Gasteiger partial charge in [-0.2, -0.15) is 0 Å². The molecule has 0 bridgehead atoms.